The van der Waals surface area contributed by atoms with Gasteiger partial charge in [0.05, 0.1) is 12.6 Å². The monoisotopic (exact) mass is 280 g/mol. The molecule has 106 valence electrons. The molecule has 1 amide bonds. The summed E-state index contributed by atoms with van der Waals surface area (Å²) < 4.78 is 0. The Balaban J connectivity index is 1.93. The molecule has 1 saturated heterocycles. The van der Waals surface area contributed by atoms with Crippen molar-refractivity contribution in [1.29, 1.82) is 0 Å². The van der Waals surface area contributed by atoms with E-state index in [4.69, 9.17) is 0 Å². The van der Waals surface area contributed by atoms with Gasteiger partial charge in [-0.2, -0.15) is 0 Å². The number of rotatable bonds is 4. The Hall–Kier alpha value is -0.870. The third-order valence-corrected chi connectivity index (χ3v) is 5.12. The van der Waals surface area contributed by atoms with E-state index >= 15 is 0 Å². The molecule has 4 heteroatoms. The van der Waals surface area contributed by atoms with Gasteiger partial charge >= 0.3 is 0 Å². The predicted octanol–water partition coefficient (Wildman–Crippen LogP) is 2.79. The van der Waals surface area contributed by atoms with Crippen LogP contribution in [0.3, 0.4) is 0 Å². The Morgan fingerprint density at radius 2 is 2.37 bits per heavy atom. The highest BCUT2D eigenvalue weighted by Crippen LogP contribution is 2.22. The summed E-state index contributed by atoms with van der Waals surface area (Å²) in [6, 6.07) is 2.13. The molecule has 2 heterocycles. The summed E-state index contributed by atoms with van der Waals surface area (Å²) >= 11 is 1.73. The highest BCUT2D eigenvalue weighted by Gasteiger charge is 2.28. The number of hydrogen-bond donors (Lipinski definition) is 1. The topological polar surface area (TPSA) is 32.3 Å². The smallest absolute Gasteiger partial charge is 0.239 e. The van der Waals surface area contributed by atoms with Crippen LogP contribution in [-0.2, 0) is 11.3 Å². The van der Waals surface area contributed by atoms with Crippen molar-refractivity contribution >= 4 is 17.2 Å². The van der Waals surface area contributed by atoms with Gasteiger partial charge in [-0.15, -0.1) is 11.3 Å². The Morgan fingerprint density at radius 3 is 3.00 bits per heavy atom. The molecule has 2 rings (SSSR count). The minimum Gasteiger partial charge on any atom is -0.339 e. The predicted molar refractivity (Wildman–Crippen MR) is 80.3 cm³/mol. The molecule has 2 atom stereocenters. The molecule has 0 saturated carbocycles. The molecule has 1 aromatic heterocycles. The average molecular weight is 280 g/mol. The Labute approximate surface area is 120 Å². The van der Waals surface area contributed by atoms with Crippen molar-refractivity contribution in [2.24, 2.45) is 5.92 Å². The molecule has 1 fully saturated rings. The van der Waals surface area contributed by atoms with E-state index in [-0.39, 0.29) is 11.9 Å². The van der Waals surface area contributed by atoms with Crippen molar-refractivity contribution in [3.8, 4) is 0 Å². The Kier molecular flexibility index (Phi) is 4.99. The Bertz CT molecular complexity index is 430. The van der Waals surface area contributed by atoms with Crippen molar-refractivity contribution in [3.63, 3.8) is 0 Å². The lowest BCUT2D eigenvalue weighted by molar-refractivity contribution is -0.133. The molecule has 1 aromatic rings. The summed E-state index contributed by atoms with van der Waals surface area (Å²) in [4.78, 5) is 15.6. The zero-order valence-corrected chi connectivity index (χ0v) is 12.9. The van der Waals surface area contributed by atoms with Crippen LogP contribution in [0.1, 0.15) is 36.6 Å². The summed E-state index contributed by atoms with van der Waals surface area (Å²) in [7, 11) is 1.92. The van der Waals surface area contributed by atoms with Gasteiger partial charge in [-0.05, 0) is 49.2 Å². The molecule has 1 N–H and O–H groups in total. The van der Waals surface area contributed by atoms with Gasteiger partial charge in [-0.3, -0.25) is 4.79 Å². The molecule has 1 aliphatic heterocycles. The highest BCUT2D eigenvalue weighted by atomic mass is 32.1. The maximum Gasteiger partial charge on any atom is 0.239 e. The van der Waals surface area contributed by atoms with Gasteiger partial charge in [0, 0.05) is 11.9 Å². The first-order valence-corrected chi connectivity index (χ1v) is 8.01. The number of nitrogens with zero attached hydrogens (tertiary/aromatic N) is 1. The van der Waals surface area contributed by atoms with E-state index in [0.717, 1.165) is 19.5 Å². The van der Waals surface area contributed by atoms with E-state index in [1.54, 1.807) is 11.3 Å². The molecule has 0 radical (unpaired) electrons. The van der Waals surface area contributed by atoms with Crippen molar-refractivity contribution in [2.45, 2.75) is 45.7 Å². The highest BCUT2D eigenvalue weighted by molar-refractivity contribution is 7.10. The summed E-state index contributed by atoms with van der Waals surface area (Å²) in [5.41, 5.74) is 1.28. The van der Waals surface area contributed by atoms with Gasteiger partial charge in [-0.1, -0.05) is 13.3 Å². The average Bonchev–Trinajstić information content (AvgIpc) is 2.83. The van der Waals surface area contributed by atoms with E-state index in [0.29, 0.717) is 5.92 Å². The second-order valence-electron chi connectivity index (χ2n) is 5.53. The number of thiophene rings is 1. The third-order valence-electron chi connectivity index (χ3n) is 4.11. The minimum absolute atomic E-state index is 0.0176. The van der Waals surface area contributed by atoms with Crippen LogP contribution >= 0.6 is 11.3 Å². The van der Waals surface area contributed by atoms with Crippen LogP contribution in [0.15, 0.2) is 11.4 Å². The van der Waals surface area contributed by atoms with Crippen LogP contribution in [0.4, 0.5) is 0 Å². The maximum absolute atomic E-state index is 12.5. The number of amides is 1. The summed E-state index contributed by atoms with van der Waals surface area (Å²) in [5.74, 6) is 0.943. The molecule has 0 aliphatic carbocycles. The number of aryl methyl sites for hydroxylation is 1. The molecular formula is C15H24N2OS. The standard InChI is InChI=1S/C15H24N2OS/c1-4-12-5-7-16-13(9-12)15(18)17(3)10-14-11(2)6-8-19-14/h6,8,12-13,16H,4-5,7,9-10H2,1-3H3. The maximum atomic E-state index is 12.5. The number of carbonyl (C=O) groups is 1. The fourth-order valence-corrected chi connectivity index (χ4v) is 3.64. The van der Waals surface area contributed by atoms with Crippen molar-refractivity contribution in [3.05, 3.63) is 21.9 Å². The fourth-order valence-electron chi connectivity index (χ4n) is 2.68. The van der Waals surface area contributed by atoms with Crippen LogP contribution < -0.4 is 5.32 Å². The van der Waals surface area contributed by atoms with Gasteiger partial charge in [-0.25, -0.2) is 0 Å². The SMILES string of the molecule is CCC1CCNC(C(=O)N(C)Cc2sccc2C)C1. The van der Waals surface area contributed by atoms with E-state index in [9.17, 15) is 4.79 Å². The normalized spacial score (nSPS) is 23.3. The van der Waals surface area contributed by atoms with E-state index in [1.807, 2.05) is 11.9 Å². The second kappa shape index (κ2) is 6.53. The molecule has 0 aromatic carbocycles. The summed E-state index contributed by atoms with van der Waals surface area (Å²) in [5, 5.41) is 5.46. The van der Waals surface area contributed by atoms with Gasteiger partial charge in [0.25, 0.3) is 0 Å². The van der Waals surface area contributed by atoms with Gasteiger partial charge in [0.15, 0.2) is 0 Å². The molecule has 1 aliphatic rings. The van der Waals surface area contributed by atoms with Gasteiger partial charge in [0.2, 0.25) is 5.91 Å². The number of piperidine rings is 1. The lowest BCUT2D eigenvalue weighted by Gasteiger charge is -2.31. The summed E-state index contributed by atoms with van der Waals surface area (Å²) in [6.45, 7) is 6.03. The number of carbonyl (C=O) groups excluding carboxylic acids is 1. The number of likely N-dealkylation sites (N-methyl/N-ethyl adjacent to an activating group) is 1. The molecule has 2 unspecified atom stereocenters. The lowest BCUT2D eigenvalue weighted by Crippen LogP contribution is -2.48. The molecule has 3 nitrogen and oxygen atoms in total. The zero-order valence-electron chi connectivity index (χ0n) is 12.1. The van der Waals surface area contributed by atoms with Crippen molar-refractivity contribution in [1.82, 2.24) is 10.2 Å². The van der Waals surface area contributed by atoms with Crippen molar-refractivity contribution < 1.29 is 4.79 Å². The molecule has 0 bridgehead atoms. The van der Waals surface area contributed by atoms with Crippen LogP contribution in [0, 0.1) is 12.8 Å². The first kappa shape index (κ1) is 14.5. The number of hydrogen-bond acceptors (Lipinski definition) is 3. The molecule has 19 heavy (non-hydrogen) atoms. The van der Waals surface area contributed by atoms with Crippen LogP contribution in [0.2, 0.25) is 0 Å². The molecule has 0 spiro atoms. The summed E-state index contributed by atoms with van der Waals surface area (Å²) in [6.07, 6.45) is 3.37. The Morgan fingerprint density at radius 1 is 1.58 bits per heavy atom. The first-order chi connectivity index (χ1) is 9.11. The minimum atomic E-state index is 0.0176. The van der Waals surface area contributed by atoms with Crippen molar-refractivity contribution in [2.75, 3.05) is 13.6 Å². The first-order valence-electron chi connectivity index (χ1n) is 7.13. The zero-order chi connectivity index (χ0) is 13.8. The van der Waals surface area contributed by atoms with E-state index in [2.05, 4.69) is 30.6 Å². The van der Waals surface area contributed by atoms with Crippen LogP contribution in [0.5, 0.6) is 0 Å². The van der Waals surface area contributed by atoms with Gasteiger partial charge in [0.1, 0.15) is 0 Å². The largest absolute Gasteiger partial charge is 0.339 e. The van der Waals surface area contributed by atoms with Gasteiger partial charge < -0.3 is 10.2 Å². The second-order valence-corrected chi connectivity index (χ2v) is 6.53. The van der Waals surface area contributed by atoms with Crippen LogP contribution in [-0.4, -0.2) is 30.4 Å². The lowest BCUT2D eigenvalue weighted by atomic mass is 9.90. The molecular weight excluding hydrogens is 256 g/mol. The fraction of sp³-hybridized carbons (Fsp3) is 0.667. The third kappa shape index (κ3) is 3.57. The van der Waals surface area contributed by atoms with Crippen LogP contribution in [0.25, 0.3) is 0 Å². The quantitative estimate of drug-likeness (QED) is 0.920. The van der Waals surface area contributed by atoms with E-state index < -0.39 is 0 Å². The number of nitrogens with one attached hydrogen (secondary N) is 1. The van der Waals surface area contributed by atoms with E-state index in [1.165, 1.54) is 23.3 Å².